The number of amides is 2. The Balaban J connectivity index is 2.00. The normalized spacial score (nSPS) is 11.6. The van der Waals surface area contributed by atoms with Gasteiger partial charge in [-0.3, -0.25) is 9.59 Å². The van der Waals surface area contributed by atoms with E-state index in [1.54, 1.807) is 26.0 Å². The number of methoxy groups -OCH3 is 2. The van der Waals surface area contributed by atoms with E-state index in [2.05, 4.69) is 5.32 Å². The van der Waals surface area contributed by atoms with Crippen LogP contribution in [0.3, 0.4) is 0 Å². The Hall–Kier alpha value is -3.22. The zero-order valence-electron chi connectivity index (χ0n) is 19.6. The van der Waals surface area contributed by atoms with Crippen molar-refractivity contribution in [2.24, 2.45) is 0 Å². The summed E-state index contributed by atoms with van der Waals surface area (Å²) in [7, 11) is 3.21. The molecule has 1 atom stereocenters. The van der Waals surface area contributed by atoms with Crippen molar-refractivity contribution in [3.05, 3.63) is 54.1 Å². The van der Waals surface area contributed by atoms with Gasteiger partial charge in [0.25, 0.3) is 0 Å². The van der Waals surface area contributed by atoms with Crippen LogP contribution in [0, 0.1) is 0 Å². The molecule has 1 N–H and O–H groups in total. The molecule has 0 fully saturated rings. The highest BCUT2D eigenvalue weighted by Gasteiger charge is 2.26. The predicted molar refractivity (Wildman–Crippen MR) is 124 cm³/mol. The minimum atomic E-state index is -0.599. The molecular weight excluding hydrogens is 408 g/mol. The van der Waals surface area contributed by atoms with Gasteiger partial charge in [0.15, 0.2) is 0 Å². The third-order valence-electron chi connectivity index (χ3n) is 4.95. The zero-order valence-corrected chi connectivity index (χ0v) is 19.6. The number of rotatable bonds is 12. The molecular formula is C25H34N2O5. The summed E-state index contributed by atoms with van der Waals surface area (Å²) in [5.74, 6) is 1.91. The molecule has 174 valence electrons. The van der Waals surface area contributed by atoms with Gasteiger partial charge in [-0.15, -0.1) is 0 Å². The lowest BCUT2D eigenvalue weighted by Crippen LogP contribution is -2.49. The highest BCUT2D eigenvalue weighted by Crippen LogP contribution is 2.19. The van der Waals surface area contributed by atoms with Crippen LogP contribution >= 0.6 is 0 Å². The molecule has 0 saturated heterocycles. The number of carbonyl (C=O) groups is 2. The Morgan fingerprint density at radius 2 is 1.59 bits per heavy atom. The molecule has 0 saturated carbocycles. The van der Waals surface area contributed by atoms with Crippen molar-refractivity contribution in [3.63, 3.8) is 0 Å². The summed E-state index contributed by atoms with van der Waals surface area (Å²) >= 11 is 0. The Labute approximate surface area is 190 Å². The van der Waals surface area contributed by atoms with Crippen LogP contribution in [0.5, 0.6) is 17.2 Å². The fraction of sp³-hybridized carbons (Fsp3) is 0.440. The minimum absolute atomic E-state index is 0.00313. The SMILES string of the molecule is COc1ccc(OCCCC(=O)N(Cc2cccc(OC)c2)[C@@H](C)C(=O)NC(C)C)cc1. The van der Waals surface area contributed by atoms with Crippen molar-refractivity contribution in [1.29, 1.82) is 0 Å². The van der Waals surface area contributed by atoms with Crippen LogP contribution in [-0.4, -0.2) is 49.6 Å². The van der Waals surface area contributed by atoms with E-state index in [-0.39, 0.29) is 24.3 Å². The molecule has 0 aliphatic heterocycles. The first-order chi connectivity index (χ1) is 15.3. The van der Waals surface area contributed by atoms with Crippen LogP contribution in [0.25, 0.3) is 0 Å². The number of carbonyl (C=O) groups excluding carboxylic acids is 2. The van der Waals surface area contributed by atoms with Crippen LogP contribution < -0.4 is 19.5 Å². The fourth-order valence-electron chi connectivity index (χ4n) is 3.18. The number of nitrogens with zero attached hydrogens (tertiary/aromatic N) is 1. The fourth-order valence-corrected chi connectivity index (χ4v) is 3.18. The summed E-state index contributed by atoms with van der Waals surface area (Å²) in [6.45, 7) is 6.27. The maximum atomic E-state index is 13.1. The van der Waals surface area contributed by atoms with Gasteiger partial charge in [-0.2, -0.15) is 0 Å². The molecule has 0 heterocycles. The summed E-state index contributed by atoms with van der Waals surface area (Å²) in [4.78, 5) is 27.3. The lowest BCUT2D eigenvalue weighted by molar-refractivity contribution is -0.141. The molecule has 0 aromatic heterocycles. The van der Waals surface area contributed by atoms with E-state index in [1.165, 1.54) is 0 Å². The van der Waals surface area contributed by atoms with Crippen molar-refractivity contribution >= 4 is 11.8 Å². The monoisotopic (exact) mass is 442 g/mol. The Morgan fingerprint density at radius 1 is 0.938 bits per heavy atom. The van der Waals surface area contributed by atoms with Gasteiger partial charge in [0, 0.05) is 19.0 Å². The van der Waals surface area contributed by atoms with Gasteiger partial charge in [0.1, 0.15) is 23.3 Å². The van der Waals surface area contributed by atoms with Crippen molar-refractivity contribution < 1.29 is 23.8 Å². The molecule has 2 aromatic carbocycles. The van der Waals surface area contributed by atoms with Crippen molar-refractivity contribution in [2.45, 2.75) is 52.2 Å². The molecule has 0 radical (unpaired) electrons. The summed E-state index contributed by atoms with van der Waals surface area (Å²) in [6.07, 6.45) is 0.817. The molecule has 0 aliphatic rings. The molecule has 0 spiro atoms. The second-order valence-electron chi connectivity index (χ2n) is 7.84. The first-order valence-electron chi connectivity index (χ1n) is 10.8. The Morgan fingerprint density at radius 3 is 2.22 bits per heavy atom. The van der Waals surface area contributed by atoms with Gasteiger partial charge in [-0.05, 0) is 69.2 Å². The van der Waals surface area contributed by atoms with Gasteiger partial charge in [0.2, 0.25) is 11.8 Å². The third-order valence-corrected chi connectivity index (χ3v) is 4.95. The van der Waals surface area contributed by atoms with E-state index in [9.17, 15) is 9.59 Å². The largest absolute Gasteiger partial charge is 0.497 e. The first kappa shape index (κ1) is 25.0. The van der Waals surface area contributed by atoms with Crippen LogP contribution in [-0.2, 0) is 16.1 Å². The molecule has 0 unspecified atom stereocenters. The number of nitrogens with one attached hydrogen (secondary N) is 1. The van der Waals surface area contributed by atoms with Crippen LogP contribution in [0.4, 0.5) is 0 Å². The highest BCUT2D eigenvalue weighted by molar-refractivity contribution is 5.87. The molecule has 0 bridgehead atoms. The number of hydrogen-bond donors (Lipinski definition) is 1. The van der Waals surface area contributed by atoms with Gasteiger partial charge >= 0.3 is 0 Å². The molecule has 7 heteroatoms. The average Bonchev–Trinajstić information content (AvgIpc) is 2.79. The maximum Gasteiger partial charge on any atom is 0.242 e. The average molecular weight is 443 g/mol. The van der Waals surface area contributed by atoms with E-state index in [0.29, 0.717) is 25.3 Å². The zero-order chi connectivity index (χ0) is 23.5. The van der Waals surface area contributed by atoms with Crippen LogP contribution in [0.1, 0.15) is 39.2 Å². The lowest BCUT2D eigenvalue weighted by Gasteiger charge is -2.29. The number of hydrogen-bond acceptors (Lipinski definition) is 5. The van der Waals surface area contributed by atoms with Crippen molar-refractivity contribution in [3.8, 4) is 17.2 Å². The molecule has 0 aliphatic carbocycles. The Kier molecular flexibility index (Phi) is 9.85. The molecule has 2 rings (SSSR count). The second kappa shape index (κ2) is 12.6. The Bertz CT molecular complexity index is 867. The molecule has 7 nitrogen and oxygen atoms in total. The molecule has 32 heavy (non-hydrogen) atoms. The summed E-state index contributed by atoms with van der Waals surface area (Å²) in [5.41, 5.74) is 0.899. The molecule has 2 aromatic rings. The van der Waals surface area contributed by atoms with Gasteiger partial charge in [0.05, 0.1) is 20.8 Å². The van der Waals surface area contributed by atoms with Crippen LogP contribution in [0.15, 0.2) is 48.5 Å². The lowest BCUT2D eigenvalue weighted by atomic mass is 10.1. The van der Waals surface area contributed by atoms with E-state index in [0.717, 1.165) is 17.1 Å². The topological polar surface area (TPSA) is 77.1 Å². The quantitative estimate of drug-likeness (QED) is 0.506. The standard InChI is InChI=1S/C25H34N2O5/c1-18(2)26-25(29)19(3)27(17-20-8-6-9-23(16-20)31-5)24(28)10-7-15-32-22-13-11-21(30-4)12-14-22/h6,8-9,11-14,16,18-19H,7,10,15,17H2,1-5H3,(H,26,29)/t19-/m0/s1. The van der Waals surface area contributed by atoms with Crippen molar-refractivity contribution in [1.82, 2.24) is 10.2 Å². The number of ether oxygens (including phenoxy) is 3. The van der Waals surface area contributed by atoms with Gasteiger partial charge in [-0.25, -0.2) is 0 Å². The summed E-state index contributed by atoms with van der Waals surface area (Å²) in [6, 6.07) is 14.2. The van der Waals surface area contributed by atoms with E-state index < -0.39 is 6.04 Å². The summed E-state index contributed by atoms with van der Waals surface area (Å²) in [5, 5.41) is 2.89. The molecule has 2 amide bonds. The van der Waals surface area contributed by atoms with Gasteiger partial charge in [-0.1, -0.05) is 12.1 Å². The second-order valence-corrected chi connectivity index (χ2v) is 7.84. The van der Waals surface area contributed by atoms with E-state index in [1.807, 2.05) is 62.4 Å². The predicted octanol–water partition coefficient (Wildman–Crippen LogP) is 3.80. The van der Waals surface area contributed by atoms with E-state index >= 15 is 0 Å². The maximum absolute atomic E-state index is 13.1. The van der Waals surface area contributed by atoms with E-state index in [4.69, 9.17) is 14.2 Å². The van der Waals surface area contributed by atoms with Gasteiger partial charge < -0.3 is 24.4 Å². The van der Waals surface area contributed by atoms with Crippen molar-refractivity contribution in [2.75, 3.05) is 20.8 Å². The third kappa shape index (κ3) is 7.80. The highest BCUT2D eigenvalue weighted by atomic mass is 16.5. The smallest absolute Gasteiger partial charge is 0.242 e. The first-order valence-corrected chi connectivity index (χ1v) is 10.8. The number of benzene rings is 2. The summed E-state index contributed by atoms with van der Waals surface area (Å²) < 4.78 is 16.1. The van der Waals surface area contributed by atoms with Crippen LogP contribution in [0.2, 0.25) is 0 Å². The minimum Gasteiger partial charge on any atom is -0.497 e.